The molecular weight excluding hydrogens is 328 g/mol. The number of nitrogens with one attached hydrogen (secondary N) is 2. The second kappa shape index (κ2) is 6.00. The maximum absolute atomic E-state index is 11.8. The quantitative estimate of drug-likeness (QED) is 0.760. The lowest BCUT2D eigenvalue weighted by molar-refractivity contribution is 0.190. The number of carbonyl (C=O) groups is 1. The van der Waals surface area contributed by atoms with Crippen LogP contribution in [0.2, 0.25) is 0 Å². The summed E-state index contributed by atoms with van der Waals surface area (Å²) in [5.41, 5.74) is 3.11. The van der Waals surface area contributed by atoms with Gasteiger partial charge in [0, 0.05) is 37.3 Å². The van der Waals surface area contributed by atoms with E-state index in [2.05, 4.69) is 32.8 Å². The van der Waals surface area contributed by atoms with Crippen molar-refractivity contribution in [1.29, 1.82) is 0 Å². The number of pyridine rings is 1. The number of hydrogen-bond donors (Lipinski definition) is 2. The highest BCUT2D eigenvalue weighted by Crippen LogP contribution is 2.37. The number of fused-ring (bicyclic) bond motifs is 3. The van der Waals surface area contributed by atoms with Crippen LogP contribution < -0.4 is 5.32 Å². The fraction of sp³-hybridized carbons (Fsp3) is 0.526. The zero-order chi connectivity index (χ0) is 17.7. The predicted octanol–water partition coefficient (Wildman–Crippen LogP) is 2.98. The molecule has 0 atom stereocenters. The molecule has 1 aliphatic carbocycles. The monoisotopic (exact) mass is 352 g/mol. The van der Waals surface area contributed by atoms with Gasteiger partial charge in [-0.15, -0.1) is 0 Å². The van der Waals surface area contributed by atoms with Gasteiger partial charge in [0.2, 0.25) is 0 Å². The Bertz CT molecular complexity index is 965. The summed E-state index contributed by atoms with van der Waals surface area (Å²) < 4.78 is 2.42. The SMILES string of the molecule is Cc1nc2cnc3[nH]ccc3c2n1C1CCC(CN2CCNC2=O)CC1. The molecule has 2 aliphatic rings. The standard InChI is InChI=1S/C19H24N6O/c1-12-23-16-10-22-18-15(6-7-20-18)17(16)25(12)14-4-2-13(3-5-14)11-24-9-8-21-19(24)26/h6-7,10,13-14H,2-5,8-9,11H2,1H3,(H,20,22)(H,21,26). The Morgan fingerprint density at radius 3 is 2.88 bits per heavy atom. The fourth-order valence-corrected chi connectivity index (χ4v) is 4.74. The number of imidazole rings is 1. The molecule has 1 aliphatic heterocycles. The molecule has 5 rings (SSSR count). The third-order valence-corrected chi connectivity index (χ3v) is 6.02. The smallest absolute Gasteiger partial charge is 0.317 e. The molecule has 1 saturated heterocycles. The lowest BCUT2D eigenvalue weighted by Crippen LogP contribution is -2.34. The third-order valence-electron chi connectivity index (χ3n) is 6.02. The zero-order valence-electron chi connectivity index (χ0n) is 15.0. The average Bonchev–Trinajstić information content (AvgIpc) is 3.34. The van der Waals surface area contributed by atoms with Gasteiger partial charge in [-0.25, -0.2) is 14.8 Å². The number of H-pyrrole nitrogens is 1. The van der Waals surface area contributed by atoms with Crippen LogP contribution in [0.25, 0.3) is 22.1 Å². The highest BCUT2D eigenvalue weighted by atomic mass is 16.2. The molecule has 0 unspecified atom stereocenters. The van der Waals surface area contributed by atoms with E-state index in [0.29, 0.717) is 12.0 Å². The average molecular weight is 352 g/mol. The third kappa shape index (κ3) is 2.45. The summed E-state index contributed by atoms with van der Waals surface area (Å²) in [6.45, 7) is 4.63. The Morgan fingerprint density at radius 1 is 1.27 bits per heavy atom. The first kappa shape index (κ1) is 15.7. The van der Waals surface area contributed by atoms with E-state index in [1.807, 2.05) is 17.3 Å². The van der Waals surface area contributed by atoms with Crippen LogP contribution >= 0.6 is 0 Å². The lowest BCUT2D eigenvalue weighted by Gasteiger charge is -2.32. The minimum absolute atomic E-state index is 0.103. The van der Waals surface area contributed by atoms with Crippen molar-refractivity contribution in [2.45, 2.75) is 38.6 Å². The molecule has 7 heteroatoms. The van der Waals surface area contributed by atoms with Crippen LogP contribution in [-0.4, -0.2) is 50.1 Å². The molecule has 7 nitrogen and oxygen atoms in total. The van der Waals surface area contributed by atoms with Gasteiger partial charge in [0.15, 0.2) is 0 Å². The van der Waals surface area contributed by atoms with Crippen LogP contribution in [0, 0.1) is 12.8 Å². The van der Waals surface area contributed by atoms with Gasteiger partial charge in [-0.05, 0) is 44.6 Å². The van der Waals surface area contributed by atoms with Gasteiger partial charge in [-0.3, -0.25) is 0 Å². The van der Waals surface area contributed by atoms with Crippen molar-refractivity contribution in [3.8, 4) is 0 Å². The molecule has 26 heavy (non-hydrogen) atoms. The first-order valence-corrected chi connectivity index (χ1v) is 9.54. The van der Waals surface area contributed by atoms with Crippen molar-refractivity contribution < 1.29 is 4.79 Å². The molecular formula is C19H24N6O. The number of aromatic amines is 1. The summed E-state index contributed by atoms with van der Waals surface area (Å²) >= 11 is 0. The summed E-state index contributed by atoms with van der Waals surface area (Å²) in [6, 6.07) is 2.68. The Hall–Kier alpha value is -2.57. The molecule has 2 N–H and O–H groups in total. The summed E-state index contributed by atoms with van der Waals surface area (Å²) in [7, 11) is 0. The van der Waals surface area contributed by atoms with Gasteiger partial charge < -0.3 is 19.8 Å². The van der Waals surface area contributed by atoms with Gasteiger partial charge >= 0.3 is 6.03 Å². The van der Waals surface area contributed by atoms with Crippen molar-refractivity contribution in [2.24, 2.45) is 5.92 Å². The van der Waals surface area contributed by atoms with E-state index < -0.39 is 0 Å². The molecule has 0 radical (unpaired) electrons. The highest BCUT2D eigenvalue weighted by molar-refractivity contribution is 6.01. The number of urea groups is 1. The van der Waals surface area contributed by atoms with Crippen LogP contribution in [0.15, 0.2) is 18.5 Å². The van der Waals surface area contributed by atoms with E-state index in [4.69, 9.17) is 4.98 Å². The van der Waals surface area contributed by atoms with Crippen molar-refractivity contribution in [2.75, 3.05) is 19.6 Å². The lowest BCUT2D eigenvalue weighted by atomic mass is 9.85. The predicted molar refractivity (Wildman–Crippen MR) is 100 cm³/mol. The Kier molecular flexibility index (Phi) is 3.62. The summed E-state index contributed by atoms with van der Waals surface area (Å²) in [5.74, 6) is 1.68. The van der Waals surface area contributed by atoms with Crippen LogP contribution in [0.4, 0.5) is 4.79 Å². The van der Waals surface area contributed by atoms with Gasteiger partial charge in [0.25, 0.3) is 0 Å². The normalized spacial score (nSPS) is 23.9. The van der Waals surface area contributed by atoms with Crippen LogP contribution in [0.3, 0.4) is 0 Å². The van der Waals surface area contributed by atoms with Gasteiger partial charge in [-0.2, -0.15) is 0 Å². The number of rotatable bonds is 3. The molecule has 2 fully saturated rings. The van der Waals surface area contributed by atoms with Gasteiger partial charge in [0.05, 0.1) is 11.7 Å². The molecule has 2 amide bonds. The summed E-state index contributed by atoms with van der Waals surface area (Å²) in [6.07, 6.45) is 8.42. The molecule has 1 saturated carbocycles. The van der Waals surface area contributed by atoms with Crippen molar-refractivity contribution in [3.63, 3.8) is 0 Å². The Labute approximate surface area is 151 Å². The minimum atomic E-state index is 0.103. The summed E-state index contributed by atoms with van der Waals surface area (Å²) in [5, 5.41) is 4.05. The van der Waals surface area contributed by atoms with Gasteiger partial charge in [0.1, 0.15) is 17.0 Å². The fourth-order valence-electron chi connectivity index (χ4n) is 4.74. The van der Waals surface area contributed by atoms with E-state index >= 15 is 0 Å². The molecule has 3 aromatic rings. The molecule has 0 bridgehead atoms. The number of carbonyl (C=O) groups excluding carboxylic acids is 1. The second-order valence-corrected chi connectivity index (χ2v) is 7.61. The summed E-state index contributed by atoms with van der Waals surface area (Å²) in [4.78, 5) is 26.2. The maximum atomic E-state index is 11.8. The van der Waals surface area contributed by atoms with Crippen molar-refractivity contribution in [3.05, 3.63) is 24.3 Å². The number of amides is 2. The first-order chi connectivity index (χ1) is 12.7. The number of hydrogen-bond acceptors (Lipinski definition) is 3. The minimum Gasteiger partial charge on any atom is -0.346 e. The highest BCUT2D eigenvalue weighted by Gasteiger charge is 2.29. The molecule has 136 valence electrons. The van der Waals surface area contributed by atoms with E-state index in [1.165, 1.54) is 5.52 Å². The number of aryl methyl sites for hydroxylation is 1. The van der Waals surface area contributed by atoms with Crippen LogP contribution in [0.5, 0.6) is 0 Å². The van der Waals surface area contributed by atoms with E-state index in [-0.39, 0.29) is 6.03 Å². The molecule has 0 spiro atoms. The second-order valence-electron chi connectivity index (χ2n) is 7.61. The van der Waals surface area contributed by atoms with Crippen molar-refractivity contribution in [1.82, 2.24) is 29.7 Å². The van der Waals surface area contributed by atoms with E-state index in [1.54, 1.807) is 0 Å². The van der Waals surface area contributed by atoms with E-state index in [9.17, 15) is 4.79 Å². The van der Waals surface area contributed by atoms with Crippen LogP contribution in [0.1, 0.15) is 37.5 Å². The molecule has 4 heterocycles. The van der Waals surface area contributed by atoms with Crippen molar-refractivity contribution >= 4 is 28.1 Å². The van der Waals surface area contributed by atoms with E-state index in [0.717, 1.165) is 67.7 Å². The zero-order valence-corrected chi connectivity index (χ0v) is 15.0. The van der Waals surface area contributed by atoms with Gasteiger partial charge in [-0.1, -0.05) is 0 Å². The largest absolute Gasteiger partial charge is 0.346 e. The van der Waals surface area contributed by atoms with Crippen LogP contribution in [-0.2, 0) is 0 Å². The molecule has 3 aromatic heterocycles. The Balaban J connectivity index is 1.39. The topological polar surface area (TPSA) is 78.8 Å². The number of aromatic nitrogens is 4. The first-order valence-electron chi connectivity index (χ1n) is 9.54. The Morgan fingerprint density at radius 2 is 2.12 bits per heavy atom. The molecule has 0 aromatic carbocycles. The number of nitrogens with zero attached hydrogens (tertiary/aromatic N) is 4. The maximum Gasteiger partial charge on any atom is 0.317 e.